The fraction of sp³-hybridized carbons (Fsp3) is 0.535. The fourth-order valence-electron chi connectivity index (χ4n) is 9.87. The van der Waals surface area contributed by atoms with Crippen LogP contribution < -0.4 is 5.32 Å². The van der Waals surface area contributed by atoms with Crippen molar-refractivity contribution in [2.24, 2.45) is 16.7 Å². The summed E-state index contributed by atoms with van der Waals surface area (Å²) in [6.45, 7) is 11.3. The average Bonchev–Trinajstić information content (AvgIpc) is 3.72. The van der Waals surface area contributed by atoms with Crippen LogP contribution in [-0.4, -0.2) is 70.7 Å². The van der Waals surface area contributed by atoms with Gasteiger partial charge in [-0.25, -0.2) is 0 Å². The highest BCUT2D eigenvalue weighted by Crippen LogP contribution is 2.53. The first-order valence-electron chi connectivity index (χ1n) is 19.2. The van der Waals surface area contributed by atoms with Gasteiger partial charge in [0.15, 0.2) is 6.29 Å². The second-order valence-electron chi connectivity index (χ2n) is 17.1. The Morgan fingerprint density at radius 1 is 0.944 bits per heavy atom. The smallest absolute Gasteiger partial charge is 0.392 e. The molecule has 3 heterocycles. The van der Waals surface area contributed by atoms with Crippen LogP contribution in [-0.2, 0) is 32.2 Å². The first kappa shape index (κ1) is 38.5. The quantitative estimate of drug-likeness (QED) is 0.233. The van der Waals surface area contributed by atoms with Gasteiger partial charge in [0.25, 0.3) is 0 Å². The monoisotopic (exact) mass is 747 g/mol. The molecular weight excluding hydrogens is 695 g/mol. The summed E-state index contributed by atoms with van der Waals surface area (Å²) in [6.07, 6.45) is -1.79. The van der Waals surface area contributed by atoms with Gasteiger partial charge in [0, 0.05) is 43.7 Å². The summed E-state index contributed by atoms with van der Waals surface area (Å²) >= 11 is 0. The maximum Gasteiger partial charge on any atom is 0.471 e. The van der Waals surface area contributed by atoms with Crippen molar-refractivity contribution in [3.05, 3.63) is 95.1 Å². The van der Waals surface area contributed by atoms with Crippen molar-refractivity contribution in [2.75, 3.05) is 19.6 Å². The zero-order valence-electron chi connectivity index (χ0n) is 31.6. The summed E-state index contributed by atoms with van der Waals surface area (Å²) in [6, 6.07) is 22.9. The van der Waals surface area contributed by atoms with Crippen LogP contribution in [0.2, 0.25) is 0 Å². The predicted octanol–water partition coefficient (Wildman–Crippen LogP) is 7.71. The number of fused-ring (bicyclic) bond motifs is 2. The lowest BCUT2D eigenvalue weighted by Gasteiger charge is -2.43. The van der Waals surface area contributed by atoms with E-state index in [0.29, 0.717) is 28.2 Å². The molecule has 0 aromatic heterocycles. The molecule has 4 aliphatic rings. The number of likely N-dealkylation sites (tertiary alicyclic amines) is 2. The van der Waals surface area contributed by atoms with Crippen molar-refractivity contribution < 1.29 is 37.3 Å². The third-order valence-corrected chi connectivity index (χ3v) is 12.1. The summed E-state index contributed by atoms with van der Waals surface area (Å²) in [4.78, 5) is 28.2. The maximum absolute atomic E-state index is 13.1. The standard InChI is InChI=1S/C43H52F3N3O5/c1-27-36(23-48-26-42(4)21-33(48)20-41(2,3)25-42)53-39(54-37(27)30-13-11-28(24-50)12-14-30)31-17-15-29(16-18-31)34-9-6-5-8-32(34)22-47-38(51)35-10-7-19-49(35)40(52)43(44,45)46/h5-6,8-9,11-18,27,33,35-37,39,50H,7,10,19-26H2,1-4H3,(H,47,51). The molecule has 4 fully saturated rings. The Bertz CT molecular complexity index is 1820. The van der Waals surface area contributed by atoms with Crippen LogP contribution in [0.4, 0.5) is 13.2 Å². The molecule has 2 amide bonds. The minimum absolute atomic E-state index is 0.0227. The van der Waals surface area contributed by atoms with Gasteiger partial charge in [0.1, 0.15) is 6.04 Å². The highest BCUT2D eigenvalue weighted by Gasteiger charge is 2.51. The van der Waals surface area contributed by atoms with E-state index >= 15 is 0 Å². The van der Waals surface area contributed by atoms with E-state index in [1.54, 1.807) is 0 Å². The first-order valence-corrected chi connectivity index (χ1v) is 19.2. The maximum atomic E-state index is 13.1. The predicted molar refractivity (Wildman–Crippen MR) is 199 cm³/mol. The van der Waals surface area contributed by atoms with Crippen molar-refractivity contribution in [1.82, 2.24) is 15.1 Å². The van der Waals surface area contributed by atoms with Crippen LogP contribution in [0, 0.1) is 16.7 Å². The second kappa shape index (κ2) is 15.0. The lowest BCUT2D eigenvalue weighted by Crippen LogP contribution is -2.50. The minimum atomic E-state index is -5.02. The van der Waals surface area contributed by atoms with Crippen LogP contribution in [0.3, 0.4) is 0 Å². The Hall–Kier alpha value is -3.77. The zero-order chi connectivity index (χ0) is 38.4. The van der Waals surface area contributed by atoms with Gasteiger partial charge in [0.05, 0.1) is 18.8 Å². The lowest BCUT2D eigenvalue weighted by molar-refractivity contribution is -0.276. The highest BCUT2D eigenvalue weighted by molar-refractivity contribution is 5.90. The first-order chi connectivity index (χ1) is 25.6. The van der Waals surface area contributed by atoms with Crippen LogP contribution in [0.5, 0.6) is 0 Å². The number of hydrogen-bond acceptors (Lipinski definition) is 6. The molecule has 1 aliphatic carbocycles. The summed E-state index contributed by atoms with van der Waals surface area (Å²) in [7, 11) is 0. The molecule has 3 aliphatic heterocycles. The van der Waals surface area contributed by atoms with Gasteiger partial charge in [-0.3, -0.25) is 14.5 Å². The third kappa shape index (κ3) is 8.10. The molecule has 8 nitrogen and oxygen atoms in total. The molecule has 0 radical (unpaired) electrons. The van der Waals surface area contributed by atoms with Gasteiger partial charge in [-0.15, -0.1) is 0 Å². The number of ether oxygens (including phenoxy) is 2. The Balaban J connectivity index is 1.08. The molecular formula is C43H52F3N3O5. The van der Waals surface area contributed by atoms with E-state index in [2.05, 4.69) is 37.9 Å². The number of alkyl halides is 3. The molecule has 7 unspecified atom stereocenters. The normalized spacial score (nSPS) is 29.7. The molecule has 1 saturated carbocycles. The summed E-state index contributed by atoms with van der Waals surface area (Å²) in [5, 5.41) is 12.4. The number of carbonyl (C=O) groups excluding carboxylic acids is 2. The van der Waals surface area contributed by atoms with Gasteiger partial charge in [-0.05, 0) is 70.8 Å². The fourth-order valence-corrected chi connectivity index (χ4v) is 9.87. The van der Waals surface area contributed by atoms with E-state index in [-0.39, 0.29) is 44.2 Å². The van der Waals surface area contributed by atoms with E-state index in [0.717, 1.165) is 46.5 Å². The number of hydrogen-bond donors (Lipinski definition) is 2. The van der Waals surface area contributed by atoms with Crippen molar-refractivity contribution in [1.29, 1.82) is 0 Å². The third-order valence-electron chi connectivity index (χ3n) is 12.1. The van der Waals surface area contributed by atoms with E-state index in [1.807, 2.05) is 72.8 Å². The number of carbonyl (C=O) groups is 2. The Morgan fingerprint density at radius 2 is 1.65 bits per heavy atom. The van der Waals surface area contributed by atoms with Crippen molar-refractivity contribution in [2.45, 2.75) is 110 Å². The number of nitrogens with one attached hydrogen (secondary N) is 1. The number of halogens is 3. The Kier molecular flexibility index (Phi) is 10.7. The molecule has 3 aromatic rings. The summed E-state index contributed by atoms with van der Waals surface area (Å²) in [5.41, 5.74) is 5.95. The van der Waals surface area contributed by atoms with Crippen LogP contribution in [0.15, 0.2) is 72.8 Å². The molecule has 11 heteroatoms. The van der Waals surface area contributed by atoms with Crippen molar-refractivity contribution in [3.8, 4) is 11.1 Å². The number of nitrogens with zero attached hydrogens (tertiary/aromatic N) is 2. The molecule has 2 bridgehead atoms. The Morgan fingerprint density at radius 3 is 2.35 bits per heavy atom. The van der Waals surface area contributed by atoms with E-state index < -0.39 is 30.3 Å². The minimum Gasteiger partial charge on any atom is -0.392 e. The topological polar surface area (TPSA) is 91.3 Å². The van der Waals surface area contributed by atoms with Gasteiger partial charge in [-0.2, -0.15) is 13.2 Å². The summed E-state index contributed by atoms with van der Waals surface area (Å²) < 4.78 is 53.1. The number of aliphatic hydroxyl groups is 1. The van der Waals surface area contributed by atoms with Gasteiger partial charge >= 0.3 is 12.1 Å². The number of amides is 2. The molecule has 3 saturated heterocycles. The molecule has 2 N–H and O–H groups in total. The Labute approximate surface area is 316 Å². The van der Waals surface area contributed by atoms with Crippen molar-refractivity contribution >= 4 is 11.8 Å². The van der Waals surface area contributed by atoms with E-state index in [9.17, 15) is 27.9 Å². The molecule has 3 aromatic carbocycles. The second-order valence-corrected chi connectivity index (χ2v) is 17.1. The van der Waals surface area contributed by atoms with E-state index in [4.69, 9.17) is 9.47 Å². The molecule has 0 spiro atoms. The number of benzene rings is 3. The van der Waals surface area contributed by atoms with Crippen LogP contribution in [0.1, 0.15) is 94.4 Å². The van der Waals surface area contributed by atoms with Crippen molar-refractivity contribution in [3.63, 3.8) is 0 Å². The van der Waals surface area contributed by atoms with Crippen LogP contribution in [0.25, 0.3) is 11.1 Å². The van der Waals surface area contributed by atoms with Gasteiger partial charge in [-0.1, -0.05) is 100 Å². The van der Waals surface area contributed by atoms with Gasteiger partial charge < -0.3 is 24.8 Å². The average molecular weight is 748 g/mol. The van der Waals surface area contributed by atoms with Gasteiger partial charge in [0.2, 0.25) is 5.91 Å². The number of aliphatic hydroxyl groups excluding tert-OH is 1. The molecule has 290 valence electrons. The highest BCUT2D eigenvalue weighted by atomic mass is 19.4. The zero-order valence-corrected chi connectivity index (χ0v) is 31.6. The SMILES string of the molecule is CC1C(CN2CC3(C)CC2CC(C)(C)C3)OC(c2ccc(-c3ccccc3CNC(=O)C3CCCN3C(=O)C(F)(F)F)cc2)OC1c1ccc(CO)cc1. The lowest BCUT2D eigenvalue weighted by atomic mass is 9.65. The van der Waals surface area contributed by atoms with Crippen LogP contribution >= 0.6 is 0 Å². The van der Waals surface area contributed by atoms with E-state index in [1.165, 1.54) is 19.3 Å². The molecule has 7 atom stereocenters. The summed E-state index contributed by atoms with van der Waals surface area (Å²) in [5.74, 6) is -2.50. The largest absolute Gasteiger partial charge is 0.471 e. The molecule has 54 heavy (non-hydrogen) atoms. The number of rotatable bonds is 9. The molecule has 7 rings (SSSR count).